The van der Waals surface area contributed by atoms with Crippen molar-refractivity contribution in [1.29, 1.82) is 0 Å². The third-order valence-electron chi connectivity index (χ3n) is 6.34. The number of ether oxygens (including phenoxy) is 2. The first-order valence-corrected chi connectivity index (χ1v) is 12.1. The summed E-state index contributed by atoms with van der Waals surface area (Å²) in [6.07, 6.45) is -0.161. The molecule has 5 nitrogen and oxygen atoms in total. The van der Waals surface area contributed by atoms with E-state index in [9.17, 15) is 9.18 Å². The van der Waals surface area contributed by atoms with Crippen molar-refractivity contribution in [2.24, 2.45) is 0 Å². The van der Waals surface area contributed by atoms with Crippen LogP contribution in [0.5, 0.6) is 5.75 Å². The zero-order chi connectivity index (χ0) is 24.8. The largest absolute Gasteiger partial charge is 0.497 e. The van der Waals surface area contributed by atoms with Gasteiger partial charge in [0.25, 0.3) is 5.91 Å². The van der Waals surface area contributed by atoms with Gasteiger partial charge in [-0.05, 0) is 60.0 Å². The van der Waals surface area contributed by atoms with E-state index < -0.39 is 5.82 Å². The van der Waals surface area contributed by atoms with E-state index in [2.05, 4.69) is 4.90 Å². The molecule has 0 bridgehead atoms. The molecule has 0 spiro atoms. The lowest BCUT2D eigenvalue weighted by Gasteiger charge is -2.36. The molecule has 1 aliphatic rings. The molecule has 7 heteroatoms. The molecule has 184 valence electrons. The van der Waals surface area contributed by atoms with Crippen molar-refractivity contribution in [2.45, 2.75) is 19.6 Å². The number of methoxy groups -OCH3 is 1. The number of nitrogens with zero attached hydrogens (tertiary/aromatic N) is 2. The predicted octanol–water partition coefficient (Wildman–Crippen LogP) is 5.51. The van der Waals surface area contributed by atoms with E-state index >= 15 is 0 Å². The lowest BCUT2D eigenvalue weighted by molar-refractivity contribution is 0.00336. The maximum absolute atomic E-state index is 13.7. The van der Waals surface area contributed by atoms with Gasteiger partial charge in [-0.1, -0.05) is 41.9 Å². The Labute approximate surface area is 211 Å². The second kappa shape index (κ2) is 11.7. The zero-order valence-electron chi connectivity index (χ0n) is 20.0. The van der Waals surface area contributed by atoms with Crippen LogP contribution in [0.4, 0.5) is 4.39 Å². The van der Waals surface area contributed by atoms with Gasteiger partial charge in [0, 0.05) is 43.3 Å². The van der Waals surface area contributed by atoms with Crippen molar-refractivity contribution in [3.8, 4) is 5.75 Å². The summed E-state index contributed by atoms with van der Waals surface area (Å²) in [6, 6.07) is 19.9. The van der Waals surface area contributed by atoms with E-state index in [0.29, 0.717) is 49.9 Å². The molecule has 35 heavy (non-hydrogen) atoms. The van der Waals surface area contributed by atoms with Gasteiger partial charge >= 0.3 is 0 Å². The quantitative estimate of drug-likeness (QED) is 0.412. The van der Waals surface area contributed by atoms with Crippen molar-refractivity contribution in [1.82, 2.24) is 9.80 Å². The Bertz CT molecular complexity index is 1150. The summed E-state index contributed by atoms with van der Waals surface area (Å²) in [5.41, 5.74) is 3.29. The van der Waals surface area contributed by atoms with Gasteiger partial charge < -0.3 is 14.4 Å². The monoisotopic (exact) mass is 496 g/mol. The molecule has 1 heterocycles. The molecule has 1 atom stereocenters. The van der Waals surface area contributed by atoms with Crippen molar-refractivity contribution >= 4 is 17.5 Å². The molecule has 1 amide bonds. The fourth-order valence-corrected chi connectivity index (χ4v) is 4.38. The fourth-order valence-electron chi connectivity index (χ4n) is 4.25. The van der Waals surface area contributed by atoms with Crippen LogP contribution in [0.1, 0.15) is 33.2 Å². The number of hydrogen-bond acceptors (Lipinski definition) is 4. The van der Waals surface area contributed by atoms with Crippen molar-refractivity contribution in [2.75, 3.05) is 39.8 Å². The summed E-state index contributed by atoms with van der Waals surface area (Å²) < 4.78 is 25.4. The molecule has 1 fully saturated rings. The van der Waals surface area contributed by atoms with Crippen LogP contribution >= 0.6 is 11.6 Å². The normalized spacial score (nSPS) is 15.1. The molecular formula is C28H30ClFN2O3. The zero-order valence-corrected chi connectivity index (χ0v) is 20.8. The molecular weight excluding hydrogens is 467 g/mol. The highest BCUT2D eigenvalue weighted by Crippen LogP contribution is 2.24. The lowest BCUT2D eigenvalue weighted by Crippen LogP contribution is -2.49. The Morgan fingerprint density at radius 1 is 1.03 bits per heavy atom. The molecule has 0 N–H and O–H groups in total. The number of carbonyl (C=O) groups excluding carboxylic acids is 1. The summed E-state index contributed by atoms with van der Waals surface area (Å²) in [6.45, 7) is 5.56. The van der Waals surface area contributed by atoms with E-state index in [1.165, 1.54) is 12.1 Å². The maximum atomic E-state index is 13.7. The minimum atomic E-state index is -0.392. The summed E-state index contributed by atoms with van der Waals surface area (Å²) in [5.74, 6) is 0.283. The Morgan fingerprint density at radius 2 is 1.77 bits per heavy atom. The van der Waals surface area contributed by atoms with Crippen molar-refractivity contribution in [3.63, 3.8) is 0 Å². The third-order valence-corrected chi connectivity index (χ3v) is 6.59. The minimum absolute atomic E-state index is 0.120. The second-order valence-corrected chi connectivity index (χ2v) is 9.19. The van der Waals surface area contributed by atoms with Crippen LogP contribution in [0.25, 0.3) is 0 Å². The lowest BCUT2D eigenvalue weighted by atomic mass is 10.1. The average molecular weight is 497 g/mol. The Morgan fingerprint density at radius 3 is 2.49 bits per heavy atom. The van der Waals surface area contributed by atoms with Gasteiger partial charge in [0.05, 0.1) is 19.8 Å². The first kappa shape index (κ1) is 25.2. The van der Waals surface area contributed by atoms with Gasteiger partial charge in [-0.25, -0.2) is 4.39 Å². The number of aryl methyl sites for hydroxylation is 1. The first-order chi connectivity index (χ1) is 16.9. The van der Waals surface area contributed by atoms with Gasteiger partial charge in [-0.15, -0.1) is 0 Å². The minimum Gasteiger partial charge on any atom is -0.497 e. The SMILES string of the molecule is COc1cccc(CO[C@H](CN2CCN(C(=O)c3cc(F)ccc3C)CC2)c2ccc(Cl)cc2)c1. The molecule has 0 radical (unpaired) electrons. The van der Waals surface area contributed by atoms with Crippen molar-refractivity contribution in [3.05, 3.63) is 99.8 Å². The average Bonchev–Trinajstić information content (AvgIpc) is 2.88. The van der Waals surface area contributed by atoms with Crippen LogP contribution in [0.15, 0.2) is 66.7 Å². The van der Waals surface area contributed by atoms with Gasteiger partial charge in [0.15, 0.2) is 0 Å². The van der Waals surface area contributed by atoms with Gasteiger partial charge in [-0.3, -0.25) is 9.69 Å². The van der Waals surface area contributed by atoms with Gasteiger partial charge in [0.2, 0.25) is 0 Å². The highest BCUT2D eigenvalue weighted by atomic mass is 35.5. The van der Waals surface area contributed by atoms with Crippen LogP contribution in [-0.2, 0) is 11.3 Å². The third kappa shape index (κ3) is 6.60. The molecule has 0 aromatic heterocycles. The molecule has 0 unspecified atom stereocenters. The molecule has 0 aliphatic carbocycles. The molecule has 3 aromatic carbocycles. The Balaban J connectivity index is 1.40. The summed E-state index contributed by atoms with van der Waals surface area (Å²) in [5, 5.41) is 0.681. The van der Waals surface area contributed by atoms with Crippen LogP contribution in [0.2, 0.25) is 5.02 Å². The van der Waals surface area contributed by atoms with Crippen molar-refractivity contribution < 1.29 is 18.7 Å². The number of carbonyl (C=O) groups is 1. The molecule has 3 aromatic rings. The van der Waals surface area contributed by atoms with E-state index in [1.54, 1.807) is 18.1 Å². The standard InChI is InChI=1S/C28H30ClFN2O3/c1-20-6-11-24(30)17-26(20)28(33)32-14-12-31(13-15-32)18-27(22-7-9-23(29)10-8-22)35-19-21-4-3-5-25(16-21)34-2/h3-11,16-17,27H,12-15,18-19H2,1-2H3/t27-/m1/s1. The maximum Gasteiger partial charge on any atom is 0.254 e. The first-order valence-electron chi connectivity index (χ1n) is 11.7. The van der Waals surface area contributed by atoms with Crippen LogP contribution in [0, 0.1) is 12.7 Å². The topological polar surface area (TPSA) is 42.0 Å². The number of rotatable bonds is 8. The summed E-state index contributed by atoms with van der Waals surface area (Å²) in [7, 11) is 1.65. The van der Waals surface area contributed by atoms with E-state index in [-0.39, 0.29) is 12.0 Å². The number of hydrogen-bond donors (Lipinski definition) is 0. The summed E-state index contributed by atoms with van der Waals surface area (Å²) in [4.78, 5) is 17.1. The summed E-state index contributed by atoms with van der Waals surface area (Å²) >= 11 is 6.11. The van der Waals surface area contributed by atoms with E-state index in [0.717, 1.165) is 22.4 Å². The molecule has 4 rings (SSSR count). The van der Waals surface area contributed by atoms with Gasteiger partial charge in [0.1, 0.15) is 11.6 Å². The predicted molar refractivity (Wildman–Crippen MR) is 135 cm³/mol. The second-order valence-electron chi connectivity index (χ2n) is 8.75. The van der Waals surface area contributed by atoms with Crippen LogP contribution < -0.4 is 4.74 Å². The molecule has 1 saturated heterocycles. The van der Waals surface area contributed by atoms with E-state index in [4.69, 9.17) is 21.1 Å². The number of piperazine rings is 1. The Hall–Kier alpha value is -2.93. The van der Waals surface area contributed by atoms with Crippen LogP contribution in [-0.4, -0.2) is 55.5 Å². The van der Waals surface area contributed by atoms with Gasteiger partial charge in [-0.2, -0.15) is 0 Å². The number of halogens is 2. The smallest absolute Gasteiger partial charge is 0.254 e. The highest BCUT2D eigenvalue weighted by molar-refractivity contribution is 6.30. The highest BCUT2D eigenvalue weighted by Gasteiger charge is 2.26. The molecule has 1 aliphatic heterocycles. The fraction of sp³-hybridized carbons (Fsp3) is 0.321. The molecule has 0 saturated carbocycles. The van der Waals surface area contributed by atoms with E-state index in [1.807, 2.05) is 55.5 Å². The Kier molecular flexibility index (Phi) is 8.39. The number of amides is 1. The number of benzene rings is 3. The van der Waals surface area contributed by atoms with Crippen LogP contribution in [0.3, 0.4) is 0 Å².